The highest BCUT2D eigenvalue weighted by Gasteiger charge is 2.16. The van der Waals surface area contributed by atoms with Gasteiger partial charge in [-0.1, -0.05) is 46.2 Å². The van der Waals surface area contributed by atoms with Gasteiger partial charge in [0.25, 0.3) is 0 Å². The van der Waals surface area contributed by atoms with E-state index in [1.54, 1.807) is 7.11 Å². The standard InChI is InChI=1S/C18H31NO/c1-6-14(4)13-16(7-2)19-18(8-3)15-9-11-17(20-5)12-10-15/h9-12,14,16,18-19H,6-8,13H2,1-5H3. The minimum absolute atomic E-state index is 0.440. The molecule has 0 heterocycles. The fourth-order valence-corrected chi connectivity index (χ4v) is 2.58. The molecule has 1 N–H and O–H groups in total. The van der Waals surface area contributed by atoms with Crippen LogP contribution in [0.25, 0.3) is 0 Å². The molecule has 0 aliphatic rings. The van der Waals surface area contributed by atoms with E-state index in [4.69, 9.17) is 4.74 Å². The number of nitrogens with one attached hydrogen (secondary N) is 1. The summed E-state index contributed by atoms with van der Waals surface area (Å²) in [5.41, 5.74) is 1.36. The average molecular weight is 277 g/mol. The first kappa shape index (κ1) is 17.0. The van der Waals surface area contributed by atoms with E-state index in [9.17, 15) is 0 Å². The number of hydrogen-bond acceptors (Lipinski definition) is 2. The van der Waals surface area contributed by atoms with Gasteiger partial charge in [0.15, 0.2) is 0 Å². The van der Waals surface area contributed by atoms with Crippen LogP contribution < -0.4 is 10.1 Å². The van der Waals surface area contributed by atoms with Gasteiger partial charge in [-0.3, -0.25) is 0 Å². The van der Waals surface area contributed by atoms with E-state index >= 15 is 0 Å². The Morgan fingerprint density at radius 1 is 1.00 bits per heavy atom. The summed E-state index contributed by atoms with van der Waals surface area (Å²) >= 11 is 0. The molecule has 0 saturated carbocycles. The van der Waals surface area contributed by atoms with Gasteiger partial charge in [0.05, 0.1) is 7.11 Å². The van der Waals surface area contributed by atoms with Crippen LogP contribution in [0.4, 0.5) is 0 Å². The van der Waals surface area contributed by atoms with Crippen LogP contribution in [-0.4, -0.2) is 13.2 Å². The van der Waals surface area contributed by atoms with Crippen molar-refractivity contribution in [2.75, 3.05) is 7.11 Å². The van der Waals surface area contributed by atoms with Gasteiger partial charge in [-0.2, -0.15) is 0 Å². The Labute approximate surface area is 124 Å². The molecule has 1 rings (SSSR count). The summed E-state index contributed by atoms with van der Waals surface area (Å²) in [4.78, 5) is 0. The van der Waals surface area contributed by atoms with Crippen LogP contribution in [0.2, 0.25) is 0 Å². The number of methoxy groups -OCH3 is 1. The van der Waals surface area contributed by atoms with E-state index in [1.165, 1.54) is 24.8 Å². The van der Waals surface area contributed by atoms with Crippen LogP contribution in [-0.2, 0) is 0 Å². The van der Waals surface area contributed by atoms with Crippen molar-refractivity contribution in [3.63, 3.8) is 0 Å². The quantitative estimate of drug-likeness (QED) is 0.689. The Hall–Kier alpha value is -1.02. The topological polar surface area (TPSA) is 21.3 Å². The maximum absolute atomic E-state index is 5.23. The third kappa shape index (κ3) is 5.16. The van der Waals surface area contributed by atoms with Crippen molar-refractivity contribution >= 4 is 0 Å². The average Bonchev–Trinajstić information content (AvgIpc) is 2.51. The largest absolute Gasteiger partial charge is 0.497 e. The molecule has 3 atom stereocenters. The molecule has 0 aromatic heterocycles. The van der Waals surface area contributed by atoms with Gasteiger partial charge < -0.3 is 10.1 Å². The smallest absolute Gasteiger partial charge is 0.118 e. The summed E-state index contributed by atoms with van der Waals surface area (Å²) in [5.74, 6) is 1.72. The number of benzene rings is 1. The SMILES string of the molecule is CCC(C)CC(CC)NC(CC)c1ccc(OC)cc1. The zero-order valence-electron chi connectivity index (χ0n) is 13.8. The number of hydrogen-bond donors (Lipinski definition) is 1. The van der Waals surface area contributed by atoms with Crippen molar-refractivity contribution in [2.24, 2.45) is 5.92 Å². The monoisotopic (exact) mass is 277 g/mol. The van der Waals surface area contributed by atoms with Crippen LogP contribution >= 0.6 is 0 Å². The van der Waals surface area contributed by atoms with Crippen LogP contribution in [0.5, 0.6) is 5.75 Å². The lowest BCUT2D eigenvalue weighted by Crippen LogP contribution is -2.33. The van der Waals surface area contributed by atoms with Gasteiger partial charge in [0.1, 0.15) is 5.75 Å². The molecule has 20 heavy (non-hydrogen) atoms. The van der Waals surface area contributed by atoms with E-state index < -0.39 is 0 Å². The molecule has 0 aliphatic carbocycles. The van der Waals surface area contributed by atoms with E-state index in [1.807, 2.05) is 0 Å². The van der Waals surface area contributed by atoms with E-state index in [2.05, 4.69) is 57.3 Å². The second kappa shape index (κ2) is 9.02. The van der Waals surface area contributed by atoms with Crippen LogP contribution in [0.1, 0.15) is 65.0 Å². The molecule has 0 fully saturated rings. The Balaban J connectivity index is 2.68. The number of rotatable bonds is 9. The van der Waals surface area contributed by atoms with Crippen molar-refractivity contribution in [3.8, 4) is 5.75 Å². The molecule has 1 aromatic rings. The van der Waals surface area contributed by atoms with Crippen molar-refractivity contribution in [1.29, 1.82) is 0 Å². The summed E-state index contributed by atoms with van der Waals surface area (Å²) in [6, 6.07) is 9.50. The van der Waals surface area contributed by atoms with Crippen LogP contribution in [0.15, 0.2) is 24.3 Å². The highest BCUT2D eigenvalue weighted by molar-refractivity contribution is 5.29. The summed E-state index contributed by atoms with van der Waals surface area (Å²) in [6.07, 6.45) is 4.83. The molecular formula is C18H31NO. The molecule has 0 bridgehead atoms. The predicted molar refractivity (Wildman–Crippen MR) is 87.3 cm³/mol. The van der Waals surface area contributed by atoms with E-state index in [-0.39, 0.29) is 0 Å². The Bertz CT molecular complexity index is 360. The molecule has 3 unspecified atom stereocenters. The molecular weight excluding hydrogens is 246 g/mol. The summed E-state index contributed by atoms with van der Waals surface area (Å²) in [7, 11) is 1.71. The molecule has 2 heteroatoms. The van der Waals surface area contributed by atoms with Gasteiger partial charge >= 0.3 is 0 Å². The van der Waals surface area contributed by atoms with Crippen molar-refractivity contribution < 1.29 is 4.74 Å². The maximum atomic E-state index is 5.23. The van der Waals surface area contributed by atoms with Crippen molar-refractivity contribution in [2.45, 2.75) is 65.5 Å². The Morgan fingerprint density at radius 2 is 1.65 bits per heavy atom. The Morgan fingerprint density at radius 3 is 2.10 bits per heavy atom. The third-order valence-electron chi connectivity index (χ3n) is 4.24. The summed E-state index contributed by atoms with van der Waals surface area (Å²) < 4.78 is 5.23. The molecule has 0 aliphatic heterocycles. The molecule has 114 valence electrons. The third-order valence-corrected chi connectivity index (χ3v) is 4.24. The first-order valence-electron chi connectivity index (χ1n) is 8.04. The molecule has 0 saturated heterocycles. The molecule has 0 radical (unpaired) electrons. The van der Waals surface area contributed by atoms with Crippen molar-refractivity contribution in [1.82, 2.24) is 5.32 Å². The van der Waals surface area contributed by atoms with Gasteiger partial charge in [0.2, 0.25) is 0 Å². The Kier molecular flexibility index (Phi) is 7.68. The number of ether oxygens (including phenoxy) is 1. The molecule has 1 aromatic carbocycles. The fourth-order valence-electron chi connectivity index (χ4n) is 2.58. The predicted octanol–water partition coefficient (Wildman–Crippen LogP) is 4.95. The minimum atomic E-state index is 0.440. The maximum Gasteiger partial charge on any atom is 0.118 e. The fraction of sp³-hybridized carbons (Fsp3) is 0.667. The second-order valence-corrected chi connectivity index (χ2v) is 5.75. The highest BCUT2D eigenvalue weighted by atomic mass is 16.5. The van der Waals surface area contributed by atoms with Crippen molar-refractivity contribution in [3.05, 3.63) is 29.8 Å². The van der Waals surface area contributed by atoms with Gasteiger partial charge in [-0.15, -0.1) is 0 Å². The zero-order chi connectivity index (χ0) is 15.0. The lowest BCUT2D eigenvalue weighted by Gasteiger charge is -2.26. The lowest BCUT2D eigenvalue weighted by atomic mass is 9.95. The van der Waals surface area contributed by atoms with Gasteiger partial charge in [-0.25, -0.2) is 0 Å². The summed E-state index contributed by atoms with van der Waals surface area (Å²) in [6.45, 7) is 9.15. The van der Waals surface area contributed by atoms with E-state index in [0.29, 0.717) is 12.1 Å². The molecule has 2 nitrogen and oxygen atoms in total. The first-order chi connectivity index (χ1) is 9.64. The summed E-state index contributed by atoms with van der Waals surface area (Å²) in [5, 5.41) is 3.83. The van der Waals surface area contributed by atoms with Crippen LogP contribution in [0.3, 0.4) is 0 Å². The first-order valence-corrected chi connectivity index (χ1v) is 8.04. The van der Waals surface area contributed by atoms with Crippen LogP contribution in [0, 0.1) is 5.92 Å². The van der Waals surface area contributed by atoms with Gasteiger partial charge in [0, 0.05) is 12.1 Å². The highest BCUT2D eigenvalue weighted by Crippen LogP contribution is 2.22. The zero-order valence-corrected chi connectivity index (χ0v) is 13.8. The molecule has 0 spiro atoms. The normalized spacial score (nSPS) is 15.7. The van der Waals surface area contributed by atoms with E-state index in [0.717, 1.165) is 18.1 Å². The second-order valence-electron chi connectivity index (χ2n) is 5.75. The molecule has 0 amide bonds. The lowest BCUT2D eigenvalue weighted by molar-refractivity contribution is 0.345. The van der Waals surface area contributed by atoms with Gasteiger partial charge in [-0.05, 0) is 42.9 Å². The minimum Gasteiger partial charge on any atom is -0.497 e.